The van der Waals surface area contributed by atoms with E-state index >= 15 is 0 Å². The van der Waals surface area contributed by atoms with E-state index in [1.807, 2.05) is 31.2 Å². The summed E-state index contributed by atoms with van der Waals surface area (Å²) in [5, 5.41) is 3.04. The second kappa shape index (κ2) is 6.77. The van der Waals surface area contributed by atoms with E-state index < -0.39 is 0 Å². The fraction of sp³-hybridized carbons (Fsp3) is 0.467. The number of hydrogen-bond acceptors (Lipinski definition) is 5. The van der Waals surface area contributed by atoms with Gasteiger partial charge in [-0.2, -0.15) is 0 Å². The van der Waals surface area contributed by atoms with Crippen molar-refractivity contribution in [3.63, 3.8) is 0 Å². The number of fused-ring (bicyclic) bond motifs is 1. The maximum atomic E-state index is 12.1. The number of nitrogens with zero attached hydrogens (tertiary/aromatic N) is 1. The smallest absolute Gasteiger partial charge is 0.230 e. The van der Waals surface area contributed by atoms with Gasteiger partial charge < -0.3 is 11.1 Å². The van der Waals surface area contributed by atoms with Crippen molar-refractivity contribution in [3.8, 4) is 0 Å². The molecule has 3 N–H and O–H groups in total. The average molecular weight is 323 g/mol. The normalized spacial score (nSPS) is 14.3. The van der Waals surface area contributed by atoms with Crippen molar-refractivity contribution in [2.24, 2.45) is 11.7 Å². The van der Waals surface area contributed by atoms with E-state index in [4.69, 9.17) is 5.73 Å². The molecule has 21 heavy (non-hydrogen) atoms. The van der Waals surface area contributed by atoms with E-state index in [9.17, 15) is 4.79 Å². The monoisotopic (exact) mass is 323 g/mol. The van der Waals surface area contributed by atoms with Gasteiger partial charge in [0.25, 0.3) is 0 Å². The van der Waals surface area contributed by atoms with E-state index in [1.54, 1.807) is 11.3 Å². The van der Waals surface area contributed by atoms with Gasteiger partial charge in [-0.3, -0.25) is 4.79 Å². The van der Waals surface area contributed by atoms with Gasteiger partial charge in [-0.25, -0.2) is 4.98 Å². The van der Waals surface area contributed by atoms with Crippen molar-refractivity contribution < 1.29 is 4.79 Å². The zero-order valence-electron chi connectivity index (χ0n) is 12.6. The lowest BCUT2D eigenvalue weighted by Gasteiger charge is -2.33. The molecule has 0 saturated heterocycles. The molecular formula is C15H21N3OS2. The van der Waals surface area contributed by atoms with E-state index in [-0.39, 0.29) is 11.4 Å². The Kier molecular flexibility index (Phi) is 5.24. The zero-order valence-corrected chi connectivity index (χ0v) is 14.2. The van der Waals surface area contributed by atoms with Crippen molar-refractivity contribution in [1.29, 1.82) is 0 Å². The molecular weight excluding hydrogens is 302 g/mol. The Hall–Kier alpha value is -1.11. The number of thiazole rings is 1. The van der Waals surface area contributed by atoms with Crippen molar-refractivity contribution in [1.82, 2.24) is 10.3 Å². The first-order chi connectivity index (χ1) is 9.94. The Morgan fingerprint density at radius 2 is 2.19 bits per heavy atom. The topological polar surface area (TPSA) is 68.0 Å². The van der Waals surface area contributed by atoms with Crippen LogP contribution < -0.4 is 11.1 Å². The summed E-state index contributed by atoms with van der Waals surface area (Å²) in [6.07, 6.45) is 0. The highest BCUT2D eigenvalue weighted by molar-refractivity contribution is 8.01. The lowest BCUT2D eigenvalue weighted by molar-refractivity contribution is -0.120. The number of hydrogen-bond donors (Lipinski definition) is 2. The van der Waals surface area contributed by atoms with E-state index in [0.717, 1.165) is 14.6 Å². The molecule has 114 valence electrons. The molecule has 0 spiro atoms. The molecule has 1 unspecified atom stereocenters. The summed E-state index contributed by atoms with van der Waals surface area (Å²) in [7, 11) is 0. The summed E-state index contributed by atoms with van der Waals surface area (Å²) >= 11 is 3.09. The molecule has 6 heteroatoms. The second-order valence-electron chi connectivity index (χ2n) is 5.56. The fourth-order valence-electron chi connectivity index (χ4n) is 1.83. The number of amides is 1. The minimum Gasteiger partial charge on any atom is -0.349 e. The van der Waals surface area contributed by atoms with Gasteiger partial charge >= 0.3 is 0 Å². The zero-order chi connectivity index (χ0) is 15.5. The molecule has 1 heterocycles. The van der Waals surface area contributed by atoms with Crippen LogP contribution in [0.1, 0.15) is 20.8 Å². The van der Waals surface area contributed by atoms with E-state index in [1.165, 1.54) is 11.8 Å². The molecule has 0 aliphatic carbocycles. The van der Waals surface area contributed by atoms with Crippen LogP contribution in [0.5, 0.6) is 0 Å². The van der Waals surface area contributed by atoms with Crippen LogP contribution >= 0.6 is 23.1 Å². The van der Waals surface area contributed by atoms with Crippen molar-refractivity contribution >= 4 is 39.2 Å². The summed E-state index contributed by atoms with van der Waals surface area (Å²) in [6, 6.07) is 8.00. The summed E-state index contributed by atoms with van der Waals surface area (Å²) in [5.41, 5.74) is 6.41. The Bertz CT molecular complexity index is 593. The molecule has 2 aromatic rings. The van der Waals surface area contributed by atoms with Crippen molar-refractivity contribution in [2.75, 3.05) is 12.3 Å². The largest absolute Gasteiger partial charge is 0.349 e. The van der Waals surface area contributed by atoms with Gasteiger partial charge in [0.2, 0.25) is 5.91 Å². The van der Waals surface area contributed by atoms with Crippen LogP contribution in [0.3, 0.4) is 0 Å². The molecule has 2 rings (SSSR count). The molecule has 0 aliphatic rings. The minimum absolute atomic E-state index is 0.000839. The molecule has 0 bridgehead atoms. The van der Waals surface area contributed by atoms with Crippen LogP contribution in [0, 0.1) is 5.92 Å². The van der Waals surface area contributed by atoms with Crippen LogP contribution in [0.4, 0.5) is 0 Å². The Morgan fingerprint density at radius 1 is 1.48 bits per heavy atom. The second-order valence-corrected chi connectivity index (χ2v) is 7.81. The van der Waals surface area contributed by atoms with Crippen LogP contribution in [0.15, 0.2) is 28.6 Å². The quantitative estimate of drug-likeness (QED) is 0.802. The van der Waals surface area contributed by atoms with Crippen molar-refractivity contribution in [2.45, 2.75) is 30.6 Å². The third-order valence-corrected chi connectivity index (χ3v) is 5.90. The third-order valence-electron chi connectivity index (χ3n) is 3.72. The Labute approximate surface area is 133 Å². The number of carbonyl (C=O) groups is 1. The summed E-state index contributed by atoms with van der Waals surface area (Å²) in [5.74, 6) is 0.655. The molecule has 0 radical (unpaired) electrons. The van der Waals surface area contributed by atoms with Gasteiger partial charge in [-0.15, -0.1) is 11.3 Å². The van der Waals surface area contributed by atoms with Crippen LogP contribution in [-0.2, 0) is 4.79 Å². The van der Waals surface area contributed by atoms with E-state index in [2.05, 4.69) is 24.1 Å². The maximum Gasteiger partial charge on any atom is 0.230 e. The van der Waals surface area contributed by atoms with Gasteiger partial charge in [-0.05, 0) is 25.0 Å². The number of para-hydroxylation sites is 1. The van der Waals surface area contributed by atoms with Gasteiger partial charge in [-0.1, -0.05) is 37.7 Å². The Morgan fingerprint density at radius 3 is 2.81 bits per heavy atom. The van der Waals surface area contributed by atoms with Crippen LogP contribution in [-0.4, -0.2) is 28.7 Å². The van der Waals surface area contributed by atoms with Gasteiger partial charge in [0.1, 0.15) is 0 Å². The number of benzene rings is 1. The number of nitrogens with one attached hydrogen (secondary N) is 1. The van der Waals surface area contributed by atoms with Crippen LogP contribution in [0.25, 0.3) is 10.2 Å². The summed E-state index contributed by atoms with van der Waals surface area (Å²) in [6.45, 7) is 6.54. The first kappa shape index (κ1) is 16.3. The molecule has 0 saturated carbocycles. The van der Waals surface area contributed by atoms with Crippen molar-refractivity contribution in [3.05, 3.63) is 24.3 Å². The predicted octanol–water partition coefficient (Wildman–Crippen LogP) is 2.88. The molecule has 0 fully saturated rings. The Balaban J connectivity index is 1.94. The van der Waals surface area contributed by atoms with E-state index in [0.29, 0.717) is 18.2 Å². The minimum atomic E-state index is -0.356. The molecule has 1 atom stereocenters. The van der Waals surface area contributed by atoms with Gasteiger partial charge in [0, 0.05) is 6.54 Å². The number of aromatic nitrogens is 1. The molecule has 1 aromatic heterocycles. The third kappa shape index (κ3) is 3.96. The standard InChI is InChI=1S/C15H21N3OS2/c1-10(2)15(3,9-16)18-13(19)8-20-14-17-11-6-4-5-7-12(11)21-14/h4-7,10H,8-9,16H2,1-3H3,(H,18,19). The predicted molar refractivity (Wildman–Crippen MR) is 90.8 cm³/mol. The highest BCUT2D eigenvalue weighted by Crippen LogP contribution is 2.29. The molecule has 0 aliphatic heterocycles. The SMILES string of the molecule is CC(C)C(C)(CN)NC(=O)CSc1nc2ccccc2s1. The lowest BCUT2D eigenvalue weighted by atomic mass is 9.88. The number of carbonyl (C=O) groups excluding carboxylic acids is 1. The number of nitrogens with two attached hydrogens (primary N) is 1. The van der Waals surface area contributed by atoms with Gasteiger partial charge in [0.05, 0.1) is 21.5 Å². The maximum absolute atomic E-state index is 12.1. The molecule has 1 amide bonds. The number of thioether (sulfide) groups is 1. The molecule has 1 aromatic carbocycles. The first-order valence-corrected chi connectivity index (χ1v) is 8.74. The van der Waals surface area contributed by atoms with Crippen LogP contribution in [0.2, 0.25) is 0 Å². The lowest BCUT2D eigenvalue weighted by Crippen LogP contribution is -2.55. The highest BCUT2D eigenvalue weighted by atomic mass is 32.2. The average Bonchev–Trinajstić information content (AvgIpc) is 2.87. The van der Waals surface area contributed by atoms with Gasteiger partial charge in [0.15, 0.2) is 4.34 Å². The summed E-state index contributed by atoms with van der Waals surface area (Å²) in [4.78, 5) is 16.6. The molecule has 4 nitrogen and oxygen atoms in total. The first-order valence-electron chi connectivity index (χ1n) is 6.94. The number of rotatable bonds is 6. The summed E-state index contributed by atoms with van der Waals surface area (Å²) < 4.78 is 2.07. The fourth-order valence-corrected chi connectivity index (χ4v) is 3.69. The highest BCUT2D eigenvalue weighted by Gasteiger charge is 2.28.